The molecule has 5 heteroatoms. The number of anilines is 1. The number of nitrogens with two attached hydrogens (primary N) is 1. The number of aromatic nitrogens is 1. The third-order valence-electron chi connectivity index (χ3n) is 6.63. The number of carbonyl (C=O) groups excluding carboxylic acids is 1. The van der Waals surface area contributed by atoms with E-state index in [-0.39, 0.29) is 5.78 Å². The molecule has 0 saturated heterocycles. The fourth-order valence-electron chi connectivity index (χ4n) is 4.70. The van der Waals surface area contributed by atoms with Crippen LogP contribution in [0.25, 0.3) is 43.7 Å². The third-order valence-corrected chi connectivity index (χ3v) is 7.72. The minimum Gasteiger partial charge on any atom is -0.496 e. The minimum absolute atomic E-state index is 0.114. The van der Waals surface area contributed by atoms with Gasteiger partial charge in [-0.1, -0.05) is 103 Å². The molecule has 0 aliphatic rings. The molecule has 6 aromatic rings. The van der Waals surface area contributed by atoms with Gasteiger partial charge in [-0.15, -0.1) is 11.3 Å². The summed E-state index contributed by atoms with van der Waals surface area (Å²) in [6, 6.07) is 37.6. The van der Waals surface area contributed by atoms with Crippen LogP contribution in [0.5, 0.6) is 5.75 Å². The first-order chi connectivity index (χ1) is 18.6. The van der Waals surface area contributed by atoms with Crippen molar-refractivity contribution >= 4 is 33.0 Å². The second-order valence-electron chi connectivity index (χ2n) is 8.92. The van der Waals surface area contributed by atoms with E-state index in [9.17, 15) is 4.79 Å². The molecule has 2 aromatic heterocycles. The number of ketones is 1. The van der Waals surface area contributed by atoms with Crippen LogP contribution in [0, 0.1) is 0 Å². The molecule has 6 rings (SSSR count). The van der Waals surface area contributed by atoms with Gasteiger partial charge in [0.05, 0.1) is 18.5 Å². The van der Waals surface area contributed by atoms with Crippen LogP contribution in [-0.4, -0.2) is 17.9 Å². The quantitative estimate of drug-likeness (QED) is 0.229. The number of nitrogens with zero attached hydrogens (tertiary/aromatic N) is 1. The van der Waals surface area contributed by atoms with Gasteiger partial charge in [-0.05, 0) is 28.8 Å². The van der Waals surface area contributed by atoms with E-state index in [4.69, 9.17) is 15.5 Å². The largest absolute Gasteiger partial charge is 0.496 e. The van der Waals surface area contributed by atoms with Gasteiger partial charge in [-0.25, -0.2) is 4.98 Å². The smallest absolute Gasteiger partial charge is 0.205 e. The summed E-state index contributed by atoms with van der Waals surface area (Å²) in [5.41, 5.74) is 13.5. The second-order valence-corrected chi connectivity index (χ2v) is 9.92. The number of ether oxygens (including phenoxy) is 1. The minimum atomic E-state index is -0.114. The summed E-state index contributed by atoms with van der Waals surface area (Å²) >= 11 is 1.33. The molecule has 0 spiro atoms. The lowest BCUT2D eigenvalue weighted by atomic mass is 9.97. The first-order valence-electron chi connectivity index (χ1n) is 12.3. The number of nitrogen functional groups attached to an aromatic ring is 1. The molecule has 4 nitrogen and oxygen atoms in total. The Bertz CT molecular complexity index is 1760. The van der Waals surface area contributed by atoms with Crippen molar-refractivity contribution in [3.63, 3.8) is 0 Å². The predicted octanol–water partition coefficient (Wildman–Crippen LogP) is 8.12. The Kier molecular flexibility index (Phi) is 6.20. The lowest BCUT2D eigenvalue weighted by molar-refractivity contribution is 0.104. The monoisotopic (exact) mass is 512 g/mol. The Hall–Kier alpha value is -4.74. The number of fused-ring (bicyclic) bond motifs is 1. The molecule has 0 amide bonds. The van der Waals surface area contributed by atoms with E-state index < -0.39 is 0 Å². The van der Waals surface area contributed by atoms with Crippen molar-refractivity contribution < 1.29 is 9.53 Å². The number of rotatable bonds is 6. The van der Waals surface area contributed by atoms with Gasteiger partial charge in [0.2, 0.25) is 5.78 Å². The Morgan fingerprint density at radius 2 is 1.34 bits per heavy atom. The molecule has 2 heterocycles. The van der Waals surface area contributed by atoms with E-state index in [1.165, 1.54) is 11.3 Å². The van der Waals surface area contributed by atoms with Crippen molar-refractivity contribution in [1.82, 2.24) is 4.98 Å². The highest BCUT2D eigenvalue weighted by Gasteiger charge is 2.23. The number of pyridine rings is 1. The number of hydrogen-bond acceptors (Lipinski definition) is 5. The van der Waals surface area contributed by atoms with Gasteiger partial charge >= 0.3 is 0 Å². The number of para-hydroxylation sites is 1. The maximum Gasteiger partial charge on any atom is 0.205 e. The summed E-state index contributed by atoms with van der Waals surface area (Å²) in [6.45, 7) is 0. The van der Waals surface area contributed by atoms with Crippen molar-refractivity contribution in [3.8, 4) is 39.3 Å². The predicted molar refractivity (Wildman–Crippen MR) is 157 cm³/mol. The zero-order valence-corrected chi connectivity index (χ0v) is 21.5. The second kappa shape index (κ2) is 9.96. The zero-order valence-electron chi connectivity index (χ0n) is 20.7. The van der Waals surface area contributed by atoms with Crippen LogP contribution in [0.1, 0.15) is 15.2 Å². The van der Waals surface area contributed by atoms with Crippen molar-refractivity contribution in [2.75, 3.05) is 12.8 Å². The fourth-order valence-corrected chi connectivity index (χ4v) is 5.78. The SMILES string of the molecule is COc1ccccc1-c1cc(-c2ccccc2)nc2sc(C(=O)c3ccc(-c4ccccc4)cc3)c(N)c12. The van der Waals surface area contributed by atoms with Crippen LogP contribution in [-0.2, 0) is 0 Å². The van der Waals surface area contributed by atoms with E-state index in [1.807, 2.05) is 103 Å². The van der Waals surface area contributed by atoms with E-state index >= 15 is 0 Å². The maximum atomic E-state index is 13.7. The Morgan fingerprint density at radius 1 is 0.737 bits per heavy atom. The summed E-state index contributed by atoms with van der Waals surface area (Å²) in [7, 11) is 1.65. The molecule has 2 N–H and O–H groups in total. The van der Waals surface area contributed by atoms with Gasteiger partial charge in [0.1, 0.15) is 15.5 Å². The lowest BCUT2D eigenvalue weighted by Gasteiger charge is -2.12. The van der Waals surface area contributed by atoms with E-state index in [0.717, 1.165) is 44.6 Å². The van der Waals surface area contributed by atoms with Gasteiger partial charge in [0.15, 0.2) is 0 Å². The number of hydrogen-bond donors (Lipinski definition) is 1. The van der Waals surface area contributed by atoms with Gasteiger partial charge in [0.25, 0.3) is 0 Å². The molecule has 0 unspecified atom stereocenters. The van der Waals surface area contributed by atoms with Crippen LogP contribution in [0.2, 0.25) is 0 Å². The van der Waals surface area contributed by atoms with Crippen LogP contribution in [0.3, 0.4) is 0 Å². The summed E-state index contributed by atoms with van der Waals surface area (Å²) in [5, 5.41) is 0.767. The molecule has 38 heavy (non-hydrogen) atoms. The number of benzene rings is 4. The molecule has 0 saturated carbocycles. The highest BCUT2D eigenvalue weighted by atomic mass is 32.1. The number of carbonyl (C=O) groups is 1. The van der Waals surface area contributed by atoms with Crippen LogP contribution < -0.4 is 10.5 Å². The summed E-state index contributed by atoms with van der Waals surface area (Å²) in [5.74, 6) is 0.617. The Balaban J connectivity index is 1.50. The van der Waals surface area contributed by atoms with Gasteiger partial charge in [-0.2, -0.15) is 0 Å². The Labute approximate surface area is 225 Å². The average Bonchev–Trinajstić information content (AvgIpc) is 3.33. The Morgan fingerprint density at radius 3 is 2.03 bits per heavy atom. The van der Waals surface area contributed by atoms with Crippen LogP contribution in [0.15, 0.2) is 115 Å². The summed E-state index contributed by atoms with van der Waals surface area (Å²) in [6.07, 6.45) is 0. The highest BCUT2D eigenvalue weighted by Crippen LogP contribution is 2.44. The number of thiophene rings is 1. The van der Waals surface area contributed by atoms with Gasteiger partial charge in [-0.3, -0.25) is 4.79 Å². The molecule has 0 bridgehead atoms. The highest BCUT2D eigenvalue weighted by molar-refractivity contribution is 7.21. The molecule has 184 valence electrons. The van der Waals surface area contributed by atoms with Gasteiger partial charge < -0.3 is 10.5 Å². The normalized spacial score (nSPS) is 11.0. The fraction of sp³-hybridized carbons (Fsp3) is 0.0303. The van der Waals surface area contributed by atoms with Crippen molar-refractivity contribution in [3.05, 3.63) is 126 Å². The first kappa shape index (κ1) is 23.6. The topological polar surface area (TPSA) is 65.2 Å². The molecule has 0 atom stereocenters. The molecule has 4 aromatic carbocycles. The lowest BCUT2D eigenvalue weighted by Crippen LogP contribution is -2.02. The molecule has 0 aliphatic carbocycles. The summed E-state index contributed by atoms with van der Waals surface area (Å²) in [4.78, 5) is 19.8. The van der Waals surface area contributed by atoms with Crippen molar-refractivity contribution in [2.45, 2.75) is 0 Å². The van der Waals surface area contributed by atoms with Gasteiger partial charge in [0, 0.05) is 22.1 Å². The average molecular weight is 513 g/mol. The third kappa shape index (κ3) is 4.23. The van der Waals surface area contributed by atoms with Crippen LogP contribution in [0.4, 0.5) is 5.69 Å². The molecular formula is C33H24N2O2S. The van der Waals surface area contributed by atoms with Crippen LogP contribution >= 0.6 is 11.3 Å². The standard InChI is InChI=1S/C33H24N2O2S/c1-37-28-15-9-8-14-25(28)26-20-27(23-12-6-3-7-13-23)35-33-29(26)30(34)32(38-33)31(36)24-18-16-22(17-19-24)21-10-4-2-5-11-21/h2-20H,34H2,1H3. The summed E-state index contributed by atoms with van der Waals surface area (Å²) < 4.78 is 5.68. The van der Waals surface area contributed by atoms with E-state index in [0.29, 0.717) is 21.0 Å². The molecule has 0 aliphatic heterocycles. The van der Waals surface area contributed by atoms with E-state index in [1.54, 1.807) is 7.11 Å². The molecule has 0 radical (unpaired) electrons. The van der Waals surface area contributed by atoms with Crippen molar-refractivity contribution in [2.24, 2.45) is 0 Å². The number of methoxy groups -OCH3 is 1. The van der Waals surface area contributed by atoms with E-state index in [2.05, 4.69) is 12.1 Å². The van der Waals surface area contributed by atoms with Crippen molar-refractivity contribution in [1.29, 1.82) is 0 Å². The zero-order chi connectivity index (χ0) is 26.1. The maximum absolute atomic E-state index is 13.7. The molecular weight excluding hydrogens is 488 g/mol. The first-order valence-corrected chi connectivity index (χ1v) is 13.1. The molecule has 0 fully saturated rings.